The van der Waals surface area contributed by atoms with Crippen molar-refractivity contribution in [3.63, 3.8) is 0 Å². The van der Waals surface area contributed by atoms with Gasteiger partial charge in [-0.05, 0) is 48.4 Å². The van der Waals surface area contributed by atoms with Gasteiger partial charge >= 0.3 is 0 Å². The van der Waals surface area contributed by atoms with Crippen molar-refractivity contribution in [2.75, 3.05) is 44.9 Å². The lowest BCUT2D eigenvalue weighted by Crippen LogP contribution is -2.37. The molecule has 1 aliphatic rings. The van der Waals surface area contributed by atoms with E-state index in [9.17, 15) is 4.79 Å². The van der Waals surface area contributed by atoms with Gasteiger partial charge < -0.3 is 19.7 Å². The number of morpholine rings is 1. The van der Waals surface area contributed by atoms with Crippen LogP contribution in [0.15, 0.2) is 67.0 Å². The Morgan fingerprint density at radius 2 is 1.94 bits per heavy atom. The highest BCUT2D eigenvalue weighted by atomic mass is 16.5. The monoisotopic (exact) mass is 469 g/mol. The van der Waals surface area contributed by atoms with Gasteiger partial charge in [-0.1, -0.05) is 18.2 Å². The number of ether oxygens (including phenoxy) is 2. The van der Waals surface area contributed by atoms with Crippen molar-refractivity contribution in [3.05, 3.63) is 78.1 Å². The second-order valence-electron chi connectivity index (χ2n) is 8.30. The predicted molar refractivity (Wildman–Crippen MR) is 135 cm³/mol. The number of carbonyl (C=O) groups excluding carboxylic acids is 1. The number of aromatic nitrogens is 3. The van der Waals surface area contributed by atoms with Crippen LogP contribution in [-0.2, 0) is 11.2 Å². The molecular formula is C27H27N5O3. The van der Waals surface area contributed by atoms with E-state index in [0.29, 0.717) is 30.8 Å². The van der Waals surface area contributed by atoms with E-state index in [2.05, 4.69) is 15.2 Å². The van der Waals surface area contributed by atoms with Crippen LogP contribution in [0.5, 0.6) is 5.75 Å². The number of benzene rings is 2. The minimum atomic E-state index is -0.141. The van der Waals surface area contributed by atoms with Gasteiger partial charge in [0.1, 0.15) is 11.4 Å². The topological polar surface area (TPSA) is 89.5 Å². The van der Waals surface area contributed by atoms with Crippen LogP contribution >= 0.6 is 0 Å². The number of hydrogen-bond acceptors (Lipinski definition) is 7. The summed E-state index contributed by atoms with van der Waals surface area (Å²) in [7, 11) is 1.65. The summed E-state index contributed by atoms with van der Waals surface area (Å²) in [5, 5.41) is 2.98. The molecule has 1 saturated heterocycles. The van der Waals surface area contributed by atoms with Crippen molar-refractivity contribution >= 4 is 22.8 Å². The molecule has 1 aliphatic heterocycles. The molecule has 4 aromatic rings. The molecule has 35 heavy (non-hydrogen) atoms. The van der Waals surface area contributed by atoms with E-state index in [4.69, 9.17) is 19.4 Å². The lowest BCUT2D eigenvalue weighted by atomic mass is 10.1. The summed E-state index contributed by atoms with van der Waals surface area (Å²) < 4.78 is 11.0. The molecule has 0 spiro atoms. The third-order valence-electron chi connectivity index (χ3n) is 5.98. The number of methoxy groups -OCH3 is 1. The molecule has 2 aromatic heterocycles. The van der Waals surface area contributed by atoms with Crippen molar-refractivity contribution in [3.8, 4) is 17.0 Å². The maximum absolute atomic E-state index is 12.8. The Labute approximate surface area is 203 Å². The van der Waals surface area contributed by atoms with Gasteiger partial charge in [0.05, 0.1) is 31.4 Å². The second kappa shape index (κ2) is 10.5. The van der Waals surface area contributed by atoms with Crippen LogP contribution in [0.25, 0.3) is 22.3 Å². The number of hydrogen-bond donors (Lipinski definition) is 1. The third kappa shape index (κ3) is 5.22. The predicted octanol–water partition coefficient (Wildman–Crippen LogP) is 3.51. The standard InChI is InChI=1S/C27H27N5O3/c1-34-22-6-2-5-20(16-22)25-26(32-12-14-35-15-13-32)31-23-8-7-21(17-24(23)30-25)27(33)29-11-9-19-4-3-10-28-18-19/h2-8,10,16-18H,9,11-15H2,1H3,(H,29,33). The highest BCUT2D eigenvalue weighted by Gasteiger charge is 2.20. The van der Waals surface area contributed by atoms with Crippen molar-refractivity contribution in [2.45, 2.75) is 6.42 Å². The molecule has 1 N–H and O–H groups in total. The summed E-state index contributed by atoms with van der Waals surface area (Å²) in [4.78, 5) is 29.1. The smallest absolute Gasteiger partial charge is 0.251 e. The van der Waals surface area contributed by atoms with Gasteiger partial charge in [-0.15, -0.1) is 0 Å². The number of fused-ring (bicyclic) bond motifs is 1. The van der Waals surface area contributed by atoms with Gasteiger partial charge in [-0.25, -0.2) is 9.97 Å². The number of nitrogens with one attached hydrogen (secondary N) is 1. The molecule has 0 bridgehead atoms. The molecule has 0 aliphatic carbocycles. The molecule has 5 rings (SSSR count). The molecule has 0 radical (unpaired) electrons. The first-order valence-corrected chi connectivity index (χ1v) is 11.7. The molecule has 1 amide bonds. The summed E-state index contributed by atoms with van der Waals surface area (Å²) in [6.45, 7) is 3.31. The number of rotatable bonds is 7. The van der Waals surface area contributed by atoms with E-state index >= 15 is 0 Å². The third-order valence-corrected chi connectivity index (χ3v) is 5.98. The molecule has 8 nitrogen and oxygen atoms in total. The SMILES string of the molecule is COc1cccc(-c2nc3cc(C(=O)NCCc4cccnc4)ccc3nc2N2CCOCC2)c1. The number of carbonyl (C=O) groups is 1. The minimum Gasteiger partial charge on any atom is -0.497 e. The number of pyridine rings is 1. The fourth-order valence-corrected chi connectivity index (χ4v) is 4.11. The minimum absolute atomic E-state index is 0.141. The quantitative estimate of drug-likeness (QED) is 0.443. The molecule has 8 heteroatoms. The maximum atomic E-state index is 12.8. The largest absolute Gasteiger partial charge is 0.497 e. The van der Waals surface area contributed by atoms with Crippen molar-refractivity contribution < 1.29 is 14.3 Å². The van der Waals surface area contributed by atoms with Crippen LogP contribution < -0.4 is 15.0 Å². The van der Waals surface area contributed by atoms with E-state index in [1.54, 1.807) is 25.4 Å². The van der Waals surface area contributed by atoms with E-state index in [-0.39, 0.29) is 5.91 Å². The Kier molecular flexibility index (Phi) is 6.81. The van der Waals surface area contributed by atoms with E-state index < -0.39 is 0 Å². The van der Waals surface area contributed by atoms with Crippen molar-refractivity contribution in [1.82, 2.24) is 20.3 Å². The highest BCUT2D eigenvalue weighted by Crippen LogP contribution is 2.32. The van der Waals surface area contributed by atoms with Crippen LogP contribution in [0.1, 0.15) is 15.9 Å². The van der Waals surface area contributed by atoms with Gasteiger partial charge in [0.25, 0.3) is 5.91 Å². The van der Waals surface area contributed by atoms with Gasteiger partial charge in [0.2, 0.25) is 0 Å². The molecule has 178 valence electrons. The number of amides is 1. The van der Waals surface area contributed by atoms with Crippen molar-refractivity contribution in [1.29, 1.82) is 0 Å². The molecule has 0 unspecified atom stereocenters. The Balaban J connectivity index is 1.45. The van der Waals surface area contributed by atoms with Crippen LogP contribution in [0.4, 0.5) is 5.82 Å². The first-order chi connectivity index (χ1) is 17.2. The molecule has 0 saturated carbocycles. The van der Waals surface area contributed by atoms with E-state index in [1.165, 1.54) is 0 Å². The van der Waals surface area contributed by atoms with E-state index in [0.717, 1.165) is 53.4 Å². The molecule has 3 heterocycles. The fraction of sp³-hybridized carbons (Fsp3) is 0.259. The Morgan fingerprint density at radius 1 is 1.06 bits per heavy atom. The number of nitrogens with zero attached hydrogens (tertiary/aromatic N) is 4. The summed E-state index contributed by atoms with van der Waals surface area (Å²) in [5.74, 6) is 1.42. The van der Waals surface area contributed by atoms with Crippen molar-refractivity contribution in [2.24, 2.45) is 0 Å². The van der Waals surface area contributed by atoms with E-state index in [1.807, 2.05) is 48.7 Å². The van der Waals surface area contributed by atoms with Crippen LogP contribution in [0.2, 0.25) is 0 Å². The van der Waals surface area contributed by atoms with Crippen LogP contribution in [0.3, 0.4) is 0 Å². The first-order valence-electron chi connectivity index (χ1n) is 11.7. The molecule has 0 atom stereocenters. The average molecular weight is 470 g/mol. The second-order valence-corrected chi connectivity index (χ2v) is 8.30. The Bertz CT molecular complexity index is 1320. The first kappa shape index (κ1) is 22.7. The number of anilines is 1. The Morgan fingerprint density at radius 3 is 2.74 bits per heavy atom. The summed E-state index contributed by atoms with van der Waals surface area (Å²) in [6.07, 6.45) is 4.27. The normalized spacial score (nSPS) is 13.6. The fourth-order valence-electron chi connectivity index (χ4n) is 4.11. The highest BCUT2D eigenvalue weighted by molar-refractivity contribution is 5.98. The average Bonchev–Trinajstić information content (AvgIpc) is 2.93. The zero-order valence-corrected chi connectivity index (χ0v) is 19.6. The van der Waals surface area contributed by atoms with Gasteiger partial charge in [0, 0.05) is 43.2 Å². The summed E-state index contributed by atoms with van der Waals surface area (Å²) in [5.41, 5.74) is 4.70. The zero-order valence-electron chi connectivity index (χ0n) is 19.6. The lowest BCUT2D eigenvalue weighted by molar-refractivity contribution is 0.0954. The summed E-state index contributed by atoms with van der Waals surface area (Å²) in [6, 6.07) is 17.1. The zero-order chi connectivity index (χ0) is 24.0. The van der Waals surface area contributed by atoms with Gasteiger partial charge in [0.15, 0.2) is 5.82 Å². The van der Waals surface area contributed by atoms with Gasteiger partial charge in [-0.2, -0.15) is 0 Å². The van der Waals surface area contributed by atoms with Crippen LogP contribution in [-0.4, -0.2) is 60.8 Å². The summed E-state index contributed by atoms with van der Waals surface area (Å²) >= 11 is 0. The van der Waals surface area contributed by atoms with Gasteiger partial charge in [-0.3, -0.25) is 9.78 Å². The molecular weight excluding hydrogens is 442 g/mol. The Hall–Kier alpha value is -4.04. The van der Waals surface area contributed by atoms with Crippen LogP contribution in [0, 0.1) is 0 Å². The molecule has 2 aromatic carbocycles. The molecule has 1 fully saturated rings. The maximum Gasteiger partial charge on any atom is 0.251 e. The lowest BCUT2D eigenvalue weighted by Gasteiger charge is -2.29.